The van der Waals surface area contributed by atoms with Gasteiger partial charge in [-0.25, -0.2) is 0 Å². The Hall–Kier alpha value is -0.610. The van der Waals surface area contributed by atoms with E-state index < -0.39 is 0 Å². The van der Waals surface area contributed by atoms with E-state index in [0.717, 1.165) is 12.5 Å². The molecule has 1 amide bonds. The molecule has 3 N–H and O–H groups in total. The van der Waals surface area contributed by atoms with Gasteiger partial charge in [0.2, 0.25) is 5.91 Å². The molecule has 0 saturated heterocycles. The third kappa shape index (κ3) is 5.04. The fourth-order valence-corrected chi connectivity index (χ4v) is 1.98. The van der Waals surface area contributed by atoms with Crippen LogP contribution in [0.25, 0.3) is 0 Å². The van der Waals surface area contributed by atoms with Gasteiger partial charge in [-0.1, -0.05) is 13.8 Å². The van der Waals surface area contributed by atoms with Crippen LogP contribution < -0.4 is 11.1 Å². The molecule has 100 valence electrons. The van der Waals surface area contributed by atoms with Crippen molar-refractivity contribution in [3.8, 4) is 0 Å². The summed E-state index contributed by atoms with van der Waals surface area (Å²) in [5.74, 6) is 0.442. The second kappa shape index (κ2) is 6.36. The van der Waals surface area contributed by atoms with Crippen molar-refractivity contribution in [1.82, 2.24) is 10.2 Å². The quantitative estimate of drug-likeness (QED) is 0.698. The van der Waals surface area contributed by atoms with Gasteiger partial charge in [0.15, 0.2) is 0 Å². The highest BCUT2D eigenvalue weighted by molar-refractivity contribution is 5.81. The molecule has 1 aliphatic rings. The van der Waals surface area contributed by atoms with Crippen molar-refractivity contribution in [3.63, 3.8) is 0 Å². The topological polar surface area (TPSA) is 58.4 Å². The smallest absolute Gasteiger partial charge is 0.236 e. The Labute approximate surface area is 105 Å². The van der Waals surface area contributed by atoms with Crippen molar-refractivity contribution in [2.24, 2.45) is 11.7 Å². The Bertz CT molecular complexity index is 251. The average molecular weight is 241 g/mol. The van der Waals surface area contributed by atoms with Gasteiger partial charge in [-0.05, 0) is 39.2 Å². The van der Waals surface area contributed by atoms with Crippen molar-refractivity contribution in [1.29, 1.82) is 0 Å². The van der Waals surface area contributed by atoms with E-state index in [1.165, 1.54) is 12.8 Å². The zero-order chi connectivity index (χ0) is 13.0. The summed E-state index contributed by atoms with van der Waals surface area (Å²) in [4.78, 5) is 14.1. The number of likely N-dealkylation sites (N-methyl/N-ethyl adjacent to an activating group) is 1. The molecule has 2 atom stereocenters. The third-order valence-electron chi connectivity index (χ3n) is 3.45. The molecule has 0 aliphatic heterocycles. The highest BCUT2D eigenvalue weighted by Gasteiger charge is 2.29. The van der Waals surface area contributed by atoms with Crippen LogP contribution in [-0.4, -0.2) is 42.5 Å². The molecule has 4 nitrogen and oxygen atoms in total. The molecular weight excluding hydrogens is 214 g/mol. The number of carbonyl (C=O) groups is 1. The van der Waals surface area contributed by atoms with E-state index in [4.69, 9.17) is 5.73 Å². The summed E-state index contributed by atoms with van der Waals surface area (Å²) >= 11 is 0. The zero-order valence-corrected chi connectivity index (χ0v) is 11.6. The van der Waals surface area contributed by atoms with E-state index >= 15 is 0 Å². The summed E-state index contributed by atoms with van der Waals surface area (Å²) in [5.41, 5.74) is 5.83. The second-order valence-corrected chi connectivity index (χ2v) is 5.73. The first-order valence-electron chi connectivity index (χ1n) is 6.67. The molecular formula is C13H27N3O. The molecule has 1 aliphatic carbocycles. The number of carbonyl (C=O) groups excluding carboxylic acids is 1. The maximum Gasteiger partial charge on any atom is 0.236 e. The first kappa shape index (κ1) is 14.5. The van der Waals surface area contributed by atoms with Crippen LogP contribution in [0.1, 0.15) is 40.0 Å². The molecule has 0 radical (unpaired) electrons. The summed E-state index contributed by atoms with van der Waals surface area (Å²) in [6.45, 7) is 7.00. The van der Waals surface area contributed by atoms with Crippen LogP contribution in [0.2, 0.25) is 0 Å². The fraction of sp³-hybridized carbons (Fsp3) is 0.923. The summed E-state index contributed by atoms with van der Waals surface area (Å²) in [6.07, 6.45) is 3.34. The Morgan fingerprint density at radius 2 is 2.00 bits per heavy atom. The molecule has 0 aromatic heterocycles. The van der Waals surface area contributed by atoms with Crippen molar-refractivity contribution in [3.05, 3.63) is 0 Å². The van der Waals surface area contributed by atoms with E-state index in [2.05, 4.69) is 38.0 Å². The Kier molecular flexibility index (Phi) is 5.40. The number of nitrogens with zero attached hydrogens (tertiary/aromatic N) is 1. The van der Waals surface area contributed by atoms with Crippen molar-refractivity contribution >= 4 is 5.91 Å². The molecule has 0 heterocycles. The predicted octanol–water partition coefficient (Wildman–Crippen LogP) is 0.959. The van der Waals surface area contributed by atoms with Gasteiger partial charge in [-0.3, -0.25) is 9.69 Å². The van der Waals surface area contributed by atoms with Gasteiger partial charge in [0.1, 0.15) is 0 Å². The van der Waals surface area contributed by atoms with Gasteiger partial charge in [-0.2, -0.15) is 0 Å². The minimum atomic E-state index is -0.367. The Morgan fingerprint density at radius 1 is 1.41 bits per heavy atom. The molecule has 17 heavy (non-hydrogen) atoms. The molecule has 0 aromatic carbocycles. The first-order chi connectivity index (χ1) is 7.91. The highest BCUT2D eigenvalue weighted by Crippen LogP contribution is 2.26. The van der Waals surface area contributed by atoms with Crippen LogP contribution in [0.4, 0.5) is 0 Å². The summed E-state index contributed by atoms with van der Waals surface area (Å²) < 4.78 is 0. The summed E-state index contributed by atoms with van der Waals surface area (Å²) in [5, 5.41) is 2.95. The lowest BCUT2D eigenvalue weighted by molar-refractivity contribution is -0.122. The standard InChI is InChI=1S/C13H27N3O/c1-9(2)7-12(14)13(17)15-8-10(3)16(4)11-5-6-11/h9-12H,5-8,14H2,1-4H3,(H,15,17). The molecule has 1 saturated carbocycles. The lowest BCUT2D eigenvalue weighted by Gasteiger charge is -2.25. The SMILES string of the molecule is CC(C)CC(N)C(=O)NCC(C)N(C)C1CC1. The predicted molar refractivity (Wildman–Crippen MR) is 70.7 cm³/mol. The van der Waals surface area contributed by atoms with Crippen molar-refractivity contribution in [2.75, 3.05) is 13.6 Å². The Morgan fingerprint density at radius 3 is 2.47 bits per heavy atom. The average Bonchev–Trinajstić information content (AvgIpc) is 3.06. The second-order valence-electron chi connectivity index (χ2n) is 5.73. The van der Waals surface area contributed by atoms with E-state index in [-0.39, 0.29) is 11.9 Å². The number of rotatable bonds is 7. The minimum absolute atomic E-state index is 0.0188. The van der Waals surface area contributed by atoms with Gasteiger partial charge >= 0.3 is 0 Å². The fourth-order valence-electron chi connectivity index (χ4n) is 1.98. The van der Waals surface area contributed by atoms with E-state index in [1.54, 1.807) is 0 Å². The largest absolute Gasteiger partial charge is 0.353 e. The molecule has 0 bridgehead atoms. The Balaban J connectivity index is 2.22. The number of amides is 1. The van der Waals surface area contributed by atoms with Crippen molar-refractivity contribution < 1.29 is 4.79 Å². The summed E-state index contributed by atoms with van der Waals surface area (Å²) in [7, 11) is 2.13. The van der Waals surface area contributed by atoms with Crippen LogP contribution in [0, 0.1) is 5.92 Å². The highest BCUT2D eigenvalue weighted by atomic mass is 16.2. The van der Waals surface area contributed by atoms with Gasteiger partial charge in [0, 0.05) is 18.6 Å². The first-order valence-corrected chi connectivity index (χ1v) is 6.67. The van der Waals surface area contributed by atoms with Crippen LogP contribution in [-0.2, 0) is 4.79 Å². The van der Waals surface area contributed by atoms with Crippen LogP contribution in [0.15, 0.2) is 0 Å². The minimum Gasteiger partial charge on any atom is -0.353 e. The van der Waals surface area contributed by atoms with Gasteiger partial charge in [-0.15, -0.1) is 0 Å². The molecule has 0 spiro atoms. The molecule has 1 fully saturated rings. The molecule has 0 aromatic rings. The van der Waals surface area contributed by atoms with Crippen molar-refractivity contribution in [2.45, 2.75) is 58.2 Å². The van der Waals surface area contributed by atoms with Crippen LogP contribution in [0.3, 0.4) is 0 Å². The number of hydrogen-bond acceptors (Lipinski definition) is 3. The maximum atomic E-state index is 11.7. The normalized spacial score (nSPS) is 19.5. The van der Waals surface area contributed by atoms with E-state index in [9.17, 15) is 4.79 Å². The maximum absolute atomic E-state index is 11.7. The van der Waals surface area contributed by atoms with Crippen LogP contribution >= 0.6 is 0 Å². The zero-order valence-electron chi connectivity index (χ0n) is 11.6. The van der Waals surface area contributed by atoms with Gasteiger partial charge < -0.3 is 11.1 Å². The van der Waals surface area contributed by atoms with Gasteiger partial charge in [0.25, 0.3) is 0 Å². The number of nitrogens with two attached hydrogens (primary N) is 1. The van der Waals surface area contributed by atoms with E-state index in [0.29, 0.717) is 18.5 Å². The lowest BCUT2D eigenvalue weighted by Crippen LogP contribution is -2.47. The molecule has 2 unspecified atom stereocenters. The van der Waals surface area contributed by atoms with E-state index in [1.807, 2.05) is 0 Å². The monoisotopic (exact) mass is 241 g/mol. The lowest BCUT2D eigenvalue weighted by atomic mass is 10.0. The van der Waals surface area contributed by atoms with Crippen LogP contribution in [0.5, 0.6) is 0 Å². The number of nitrogens with one attached hydrogen (secondary N) is 1. The molecule has 4 heteroatoms. The third-order valence-corrected chi connectivity index (χ3v) is 3.45. The summed E-state index contributed by atoms with van der Waals surface area (Å²) in [6, 6.07) is 0.748. The number of hydrogen-bond donors (Lipinski definition) is 2. The van der Waals surface area contributed by atoms with Gasteiger partial charge in [0.05, 0.1) is 6.04 Å². The molecule has 1 rings (SSSR count).